The van der Waals surface area contributed by atoms with E-state index in [0.29, 0.717) is 5.02 Å². The lowest BCUT2D eigenvalue weighted by molar-refractivity contribution is -0.154. The molecule has 0 bridgehead atoms. The summed E-state index contributed by atoms with van der Waals surface area (Å²) in [5.74, 6) is -2.31. The standard InChI is InChI=1S/C32H31ClF4N8O4/c1-31(2,17-41-28(47)29(48)42-23-10-8-22(34)9-11-23)16-40-27(46)20-5-12-24(39-15-20)43-26-13-25(38-14-19-3-6-21(33)7-4-19)44-30(45-26)49-18-32(35,36)37/h3-13,15H,14,16-18H2,1-2H3,(H,40,46)(H,41,47)(H,42,48)(H2,38,39,43,44,45). The van der Waals surface area contributed by atoms with Gasteiger partial charge in [-0.05, 0) is 59.5 Å². The van der Waals surface area contributed by atoms with Crippen LogP contribution >= 0.6 is 11.6 Å². The number of nitrogens with zero attached hydrogens (tertiary/aromatic N) is 3. The third-order valence-electron chi connectivity index (χ3n) is 6.50. The van der Waals surface area contributed by atoms with Crippen molar-refractivity contribution >= 4 is 52.5 Å². The average molecular weight is 703 g/mol. The highest BCUT2D eigenvalue weighted by Gasteiger charge is 2.29. The van der Waals surface area contributed by atoms with Gasteiger partial charge in [0.15, 0.2) is 6.61 Å². The summed E-state index contributed by atoms with van der Waals surface area (Å²) in [6.45, 7) is 2.40. The number of benzene rings is 2. The molecule has 17 heteroatoms. The first-order valence-corrected chi connectivity index (χ1v) is 14.9. The van der Waals surface area contributed by atoms with E-state index in [0.717, 1.165) is 17.7 Å². The molecule has 2 aromatic carbocycles. The van der Waals surface area contributed by atoms with Crippen molar-refractivity contribution in [2.24, 2.45) is 5.41 Å². The van der Waals surface area contributed by atoms with Crippen LogP contribution in [0.5, 0.6) is 6.01 Å². The highest BCUT2D eigenvalue weighted by atomic mass is 35.5. The fourth-order valence-electron chi connectivity index (χ4n) is 3.92. The van der Waals surface area contributed by atoms with Crippen LogP contribution in [-0.4, -0.2) is 58.5 Å². The van der Waals surface area contributed by atoms with E-state index in [4.69, 9.17) is 16.3 Å². The van der Waals surface area contributed by atoms with Crippen molar-refractivity contribution in [3.05, 3.63) is 94.9 Å². The second-order valence-corrected chi connectivity index (χ2v) is 11.8. The van der Waals surface area contributed by atoms with Gasteiger partial charge in [0.1, 0.15) is 23.3 Å². The van der Waals surface area contributed by atoms with Gasteiger partial charge in [0, 0.05) is 42.6 Å². The molecule has 4 rings (SSSR count). The number of anilines is 4. The van der Waals surface area contributed by atoms with Crippen LogP contribution < -0.4 is 31.3 Å². The first-order chi connectivity index (χ1) is 23.1. The van der Waals surface area contributed by atoms with Crippen LogP contribution in [0.3, 0.4) is 0 Å². The summed E-state index contributed by atoms with van der Waals surface area (Å²) in [5.41, 5.74) is 0.636. The Morgan fingerprint density at radius 1 is 0.837 bits per heavy atom. The monoisotopic (exact) mass is 702 g/mol. The maximum absolute atomic E-state index is 13.0. The van der Waals surface area contributed by atoms with Crippen molar-refractivity contribution in [3.8, 4) is 6.01 Å². The summed E-state index contributed by atoms with van der Waals surface area (Å²) in [5, 5.41) is 14.0. The van der Waals surface area contributed by atoms with E-state index in [2.05, 4.69) is 41.5 Å². The van der Waals surface area contributed by atoms with Gasteiger partial charge in [0.05, 0.1) is 5.56 Å². The Morgan fingerprint density at radius 3 is 2.16 bits per heavy atom. The molecule has 0 aliphatic rings. The Hall–Kier alpha value is -5.51. The average Bonchev–Trinajstić information content (AvgIpc) is 3.06. The number of halogens is 5. The lowest BCUT2D eigenvalue weighted by Crippen LogP contribution is -2.45. The van der Waals surface area contributed by atoms with Gasteiger partial charge in [-0.3, -0.25) is 14.4 Å². The molecule has 0 aliphatic carbocycles. The molecule has 3 amide bonds. The Balaban J connectivity index is 1.31. The number of amides is 3. The molecule has 0 atom stereocenters. The lowest BCUT2D eigenvalue weighted by atomic mass is 9.93. The SMILES string of the molecule is CC(C)(CNC(=O)C(=O)Nc1ccc(F)cc1)CNC(=O)c1ccc(Nc2cc(NCc3ccc(Cl)cc3)nc(OCC(F)(F)F)n2)nc1. The van der Waals surface area contributed by atoms with Gasteiger partial charge in [-0.25, -0.2) is 9.37 Å². The first kappa shape index (κ1) is 36.3. The van der Waals surface area contributed by atoms with Gasteiger partial charge in [-0.2, -0.15) is 23.1 Å². The first-order valence-electron chi connectivity index (χ1n) is 14.6. The van der Waals surface area contributed by atoms with Crippen molar-refractivity contribution < 1.29 is 36.7 Å². The van der Waals surface area contributed by atoms with Gasteiger partial charge in [-0.1, -0.05) is 37.6 Å². The zero-order valence-corrected chi connectivity index (χ0v) is 26.9. The number of alkyl halides is 3. The summed E-state index contributed by atoms with van der Waals surface area (Å²) in [6.07, 6.45) is -3.32. The number of aromatic nitrogens is 3. The zero-order valence-electron chi connectivity index (χ0n) is 26.1. The minimum atomic E-state index is -4.60. The van der Waals surface area contributed by atoms with Crippen LogP contribution in [0.2, 0.25) is 5.02 Å². The second kappa shape index (κ2) is 16.1. The molecule has 0 fully saturated rings. The molecule has 258 valence electrons. The van der Waals surface area contributed by atoms with Crippen molar-refractivity contribution in [1.29, 1.82) is 0 Å². The van der Waals surface area contributed by atoms with E-state index in [-0.39, 0.29) is 48.3 Å². The highest BCUT2D eigenvalue weighted by molar-refractivity contribution is 6.39. The molecular weight excluding hydrogens is 672 g/mol. The maximum Gasteiger partial charge on any atom is 0.422 e. The van der Waals surface area contributed by atoms with Crippen LogP contribution in [0.1, 0.15) is 29.8 Å². The number of hydrogen-bond acceptors (Lipinski definition) is 9. The molecular formula is C32H31ClF4N8O4. The third-order valence-corrected chi connectivity index (χ3v) is 6.75. The number of ether oxygens (including phenoxy) is 1. The van der Waals surface area contributed by atoms with Crippen LogP contribution in [0.15, 0.2) is 72.9 Å². The Bertz CT molecular complexity index is 1760. The zero-order chi connectivity index (χ0) is 35.6. The number of carbonyl (C=O) groups is 3. The molecule has 0 saturated carbocycles. The summed E-state index contributed by atoms with van der Waals surface area (Å²) in [6, 6.07) is 15.7. The fraction of sp³-hybridized carbons (Fsp3) is 0.250. The van der Waals surface area contributed by atoms with E-state index < -0.39 is 47.7 Å². The predicted molar refractivity (Wildman–Crippen MR) is 174 cm³/mol. The van der Waals surface area contributed by atoms with Crippen LogP contribution in [0, 0.1) is 11.2 Å². The van der Waals surface area contributed by atoms with E-state index in [1.54, 1.807) is 38.1 Å². The molecule has 2 heterocycles. The molecule has 0 saturated heterocycles. The molecule has 0 spiro atoms. The normalized spacial score (nSPS) is 11.3. The van der Waals surface area contributed by atoms with E-state index in [1.807, 2.05) is 0 Å². The van der Waals surface area contributed by atoms with Gasteiger partial charge >= 0.3 is 24.0 Å². The third kappa shape index (κ3) is 12.2. The molecule has 0 radical (unpaired) electrons. The van der Waals surface area contributed by atoms with Crippen molar-refractivity contribution in [2.45, 2.75) is 26.6 Å². The summed E-state index contributed by atoms with van der Waals surface area (Å²) < 4.78 is 56.2. The molecule has 4 aromatic rings. The quantitative estimate of drug-likeness (QED) is 0.0900. The van der Waals surface area contributed by atoms with Gasteiger partial charge < -0.3 is 31.3 Å². The Morgan fingerprint density at radius 2 is 1.51 bits per heavy atom. The van der Waals surface area contributed by atoms with Crippen LogP contribution in [0.4, 0.5) is 40.7 Å². The predicted octanol–water partition coefficient (Wildman–Crippen LogP) is 5.47. The van der Waals surface area contributed by atoms with E-state index in [1.165, 1.54) is 36.5 Å². The van der Waals surface area contributed by atoms with Crippen molar-refractivity contribution in [2.75, 3.05) is 35.6 Å². The van der Waals surface area contributed by atoms with Crippen molar-refractivity contribution in [1.82, 2.24) is 25.6 Å². The van der Waals surface area contributed by atoms with Gasteiger partial charge in [0.2, 0.25) is 0 Å². The number of carbonyl (C=O) groups excluding carboxylic acids is 3. The molecule has 0 unspecified atom stereocenters. The fourth-order valence-corrected chi connectivity index (χ4v) is 4.05. The Kier molecular flexibility index (Phi) is 11.9. The van der Waals surface area contributed by atoms with E-state index >= 15 is 0 Å². The minimum absolute atomic E-state index is 0.0498. The largest absolute Gasteiger partial charge is 0.454 e. The molecule has 5 N–H and O–H groups in total. The maximum atomic E-state index is 13.0. The summed E-state index contributed by atoms with van der Waals surface area (Å²) >= 11 is 5.92. The Labute approximate surface area is 283 Å². The lowest BCUT2D eigenvalue weighted by Gasteiger charge is -2.25. The number of hydrogen-bond donors (Lipinski definition) is 5. The van der Waals surface area contributed by atoms with Gasteiger partial charge in [-0.15, -0.1) is 0 Å². The van der Waals surface area contributed by atoms with Crippen LogP contribution in [-0.2, 0) is 16.1 Å². The molecule has 12 nitrogen and oxygen atoms in total. The smallest absolute Gasteiger partial charge is 0.422 e. The number of rotatable bonds is 13. The molecule has 49 heavy (non-hydrogen) atoms. The molecule has 2 aromatic heterocycles. The van der Waals surface area contributed by atoms with Crippen LogP contribution in [0.25, 0.3) is 0 Å². The topological polar surface area (TPSA) is 159 Å². The molecule has 0 aliphatic heterocycles. The van der Waals surface area contributed by atoms with E-state index in [9.17, 15) is 31.9 Å². The highest BCUT2D eigenvalue weighted by Crippen LogP contribution is 2.23. The summed E-state index contributed by atoms with van der Waals surface area (Å²) in [7, 11) is 0. The minimum Gasteiger partial charge on any atom is -0.454 e. The second-order valence-electron chi connectivity index (χ2n) is 11.4. The number of pyridine rings is 1. The number of nitrogens with one attached hydrogen (secondary N) is 5. The van der Waals surface area contributed by atoms with Gasteiger partial charge in [0.25, 0.3) is 5.91 Å². The summed E-state index contributed by atoms with van der Waals surface area (Å²) in [4.78, 5) is 49.3. The van der Waals surface area contributed by atoms with Crippen molar-refractivity contribution in [3.63, 3.8) is 0 Å².